The second kappa shape index (κ2) is 4.69. The zero-order valence-corrected chi connectivity index (χ0v) is 10.9. The summed E-state index contributed by atoms with van der Waals surface area (Å²) in [4.78, 5) is 2.23. The highest BCUT2D eigenvalue weighted by Crippen LogP contribution is 2.40. The SMILES string of the molecule is CCN1C(=Cc2ccccc2)Nc2c(N)cccc21. The first kappa shape index (κ1) is 11.7. The third-order valence-corrected chi connectivity index (χ3v) is 3.33. The maximum Gasteiger partial charge on any atom is 0.111 e. The Morgan fingerprint density at radius 1 is 1.11 bits per heavy atom. The van der Waals surface area contributed by atoms with Gasteiger partial charge in [-0.25, -0.2) is 0 Å². The van der Waals surface area contributed by atoms with E-state index >= 15 is 0 Å². The molecule has 0 aliphatic carbocycles. The summed E-state index contributed by atoms with van der Waals surface area (Å²) in [6, 6.07) is 16.3. The molecule has 1 heterocycles. The summed E-state index contributed by atoms with van der Waals surface area (Å²) in [5, 5.41) is 3.41. The van der Waals surface area contributed by atoms with Crippen LogP contribution in [0.5, 0.6) is 0 Å². The lowest BCUT2D eigenvalue weighted by Gasteiger charge is -2.17. The van der Waals surface area contributed by atoms with Crippen molar-refractivity contribution in [3.8, 4) is 0 Å². The van der Waals surface area contributed by atoms with E-state index in [9.17, 15) is 0 Å². The summed E-state index contributed by atoms with van der Waals surface area (Å²) >= 11 is 0. The van der Waals surface area contributed by atoms with Gasteiger partial charge in [0.15, 0.2) is 0 Å². The van der Waals surface area contributed by atoms with Crippen molar-refractivity contribution < 1.29 is 0 Å². The van der Waals surface area contributed by atoms with E-state index in [1.165, 1.54) is 5.56 Å². The average molecular weight is 251 g/mol. The third kappa shape index (κ3) is 2.03. The number of nitrogens with one attached hydrogen (secondary N) is 1. The normalized spacial score (nSPS) is 15.4. The van der Waals surface area contributed by atoms with E-state index in [-0.39, 0.29) is 0 Å². The number of fused-ring (bicyclic) bond motifs is 1. The highest BCUT2D eigenvalue weighted by atomic mass is 15.3. The molecule has 2 aromatic carbocycles. The minimum Gasteiger partial charge on any atom is -0.397 e. The van der Waals surface area contributed by atoms with Crippen LogP contribution in [0.4, 0.5) is 17.1 Å². The number of rotatable bonds is 2. The molecule has 0 saturated carbocycles. The molecule has 3 rings (SSSR count). The molecule has 3 nitrogen and oxygen atoms in total. The van der Waals surface area contributed by atoms with E-state index in [2.05, 4.69) is 41.4 Å². The quantitative estimate of drug-likeness (QED) is 0.802. The molecule has 0 bridgehead atoms. The zero-order valence-electron chi connectivity index (χ0n) is 10.9. The molecule has 0 atom stereocenters. The molecule has 0 radical (unpaired) electrons. The van der Waals surface area contributed by atoms with E-state index in [1.54, 1.807) is 0 Å². The largest absolute Gasteiger partial charge is 0.397 e. The van der Waals surface area contributed by atoms with Gasteiger partial charge in [-0.05, 0) is 30.7 Å². The van der Waals surface area contributed by atoms with Crippen LogP contribution in [0.2, 0.25) is 0 Å². The van der Waals surface area contributed by atoms with E-state index in [0.29, 0.717) is 0 Å². The fourth-order valence-corrected chi connectivity index (χ4v) is 2.41. The molecule has 1 aliphatic rings. The predicted molar refractivity (Wildman–Crippen MR) is 81.9 cm³/mol. The Bertz CT molecular complexity index is 617. The van der Waals surface area contributed by atoms with Crippen molar-refractivity contribution in [1.29, 1.82) is 0 Å². The highest BCUT2D eigenvalue weighted by Gasteiger charge is 2.23. The summed E-state index contributed by atoms with van der Waals surface area (Å²) in [6.45, 7) is 3.04. The van der Waals surface area contributed by atoms with Crippen LogP contribution >= 0.6 is 0 Å². The lowest BCUT2D eigenvalue weighted by molar-refractivity contribution is 0.997. The molecule has 0 aromatic heterocycles. The fraction of sp³-hybridized carbons (Fsp3) is 0.125. The van der Waals surface area contributed by atoms with Gasteiger partial charge in [0.2, 0.25) is 0 Å². The number of nitrogens with zero attached hydrogens (tertiary/aromatic N) is 1. The molecule has 0 amide bonds. The van der Waals surface area contributed by atoms with Gasteiger partial charge in [-0.3, -0.25) is 0 Å². The van der Waals surface area contributed by atoms with Crippen LogP contribution in [-0.4, -0.2) is 6.54 Å². The predicted octanol–water partition coefficient (Wildman–Crippen LogP) is 3.52. The minimum atomic E-state index is 0.785. The van der Waals surface area contributed by atoms with Crippen LogP contribution in [0.25, 0.3) is 6.08 Å². The summed E-state index contributed by atoms with van der Waals surface area (Å²) < 4.78 is 0. The molecule has 0 fully saturated rings. The third-order valence-electron chi connectivity index (χ3n) is 3.33. The lowest BCUT2D eigenvalue weighted by atomic mass is 10.2. The lowest BCUT2D eigenvalue weighted by Crippen LogP contribution is -2.19. The van der Waals surface area contributed by atoms with Gasteiger partial charge in [-0.1, -0.05) is 36.4 Å². The average Bonchev–Trinajstić information content (AvgIpc) is 2.79. The highest BCUT2D eigenvalue weighted by molar-refractivity contribution is 5.91. The number of hydrogen-bond donors (Lipinski definition) is 2. The maximum atomic E-state index is 6.03. The zero-order chi connectivity index (χ0) is 13.2. The number of para-hydroxylation sites is 1. The van der Waals surface area contributed by atoms with Crippen molar-refractivity contribution in [3.63, 3.8) is 0 Å². The van der Waals surface area contributed by atoms with E-state index in [0.717, 1.165) is 29.4 Å². The number of benzene rings is 2. The van der Waals surface area contributed by atoms with Crippen LogP contribution in [-0.2, 0) is 0 Å². The molecule has 0 unspecified atom stereocenters. The maximum absolute atomic E-state index is 6.03. The Kier molecular flexibility index (Phi) is 2.88. The molecular formula is C16H17N3. The van der Waals surface area contributed by atoms with Crippen molar-refractivity contribution in [2.45, 2.75) is 6.92 Å². The summed E-state index contributed by atoms with van der Waals surface area (Å²) in [6.07, 6.45) is 2.14. The van der Waals surface area contributed by atoms with Crippen LogP contribution < -0.4 is 16.0 Å². The van der Waals surface area contributed by atoms with Crippen molar-refractivity contribution in [3.05, 3.63) is 59.9 Å². The van der Waals surface area contributed by atoms with Crippen molar-refractivity contribution in [2.24, 2.45) is 0 Å². The molecular weight excluding hydrogens is 234 g/mol. The molecule has 2 aromatic rings. The van der Waals surface area contributed by atoms with Crippen molar-refractivity contribution >= 4 is 23.1 Å². The van der Waals surface area contributed by atoms with Crippen molar-refractivity contribution in [2.75, 3.05) is 22.5 Å². The minimum absolute atomic E-state index is 0.785. The smallest absolute Gasteiger partial charge is 0.111 e. The van der Waals surface area contributed by atoms with Gasteiger partial charge in [0.1, 0.15) is 5.82 Å². The second-order valence-electron chi connectivity index (χ2n) is 4.55. The van der Waals surface area contributed by atoms with E-state index in [4.69, 9.17) is 5.73 Å². The second-order valence-corrected chi connectivity index (χ2v) is 4.55. The first-order chi connectivity index (χ1) is 9.29. The summed E-state index contributed by atoms with van der Waals surface area (Å²) in [5.41, 5.74) is 10.1. The summed E-state index contributed by atoms with van der Waals surface area (Å²) in [7, 11) is 0. The molecule has 0 spiro atoms. The van der Waals surface area contributed by atoms with Gasteiger partial charge >= 0.3 is 0 Å². The van der Waals surface area contributed by atoms with Crippen LogP contribution in [0.1, 0.15) is 12.5 Å². The van der Waals surface area contributed by atoms with Crippen LogP contribution in [0, 0.1) is 0 Å². The fourth-order valence-electron chi connectivity index (χ4n) is 2.41. The van der Waals surface area contributed by atoms with Gasteiger partial charge < -0.3 is 16.0 Å². The number of hydrogen-bond acceptors (Lipinski definition) is 3. The molecule has 3 heteroatoms. The Morgan fingerprint density at radius 2 is 1.89 bits per heavy atom. The molecule has 96 valence electrons. The Balaban J connectivity index is 2.03. The van der Waals surface area contributed by atoms with Gasteiger partial charge in [0.25, 0.3) is 0 Å². The molecule has 1 aliphatic heterocycles. The standard InChI is InChI=1S/C16H17N3/c1-2-19-14-10-6-9-13(17)16(14)18-15(19)11-12-7-4-3-5-8-12/h3-11,18H,2,17H2,1H3. The topological polar surface area (TPSA) is 41.3 Å². The van der Waals surface area contributed by atoms with E-state index in [1.807, 2.05) is 30.3 Å². The summed E-state index contributed by atoms with van der Waals surface area (Å²) in [5.74, 6) is 1.07. The Morgan fingerprint density at radius 3 is 2.63 bits per heavy atom. The number of nitrogens with two attached hydrogens (primary N) is 1. The molecule has 0 saturated heterocycles. The Labute approximate surface area is 113 Å². The molecule has 19 heavy (non-hydrogen) atoms. The first-order valence-electron chi connectivity index (χ1n) is 6.49. The first-order valence-corrected chi connectivity index (χ1v) is 6.49. The Hall–Kier alpha value is -2.42. The van der Waals surface area contributed by atoms with Gasteiger partial charge in [0.05, 0.1) is 17.1 Å². The van der Waals surface area contributed by atoms with Gasteiger partial charge in [-0.15, -0.1) is 0 Å². The van der Waals surface area contributed by atoms with Crippen molar-refractivity contribution in [1.82, 2.24) is 0 Å². The van der Waals surface area contributed by atoms with Crippen LogP contribution in [0.3, 0.4) is 0 Å². The number of nitrogen functional groups attached to an aromatic ring is 1. The number of anilines is 3. The van der Waals surface area contributed by atoms with Gasteiger partial charge in [0, 0.05) is 6.54 Å². The van der Waals surface area contributed by atoms with Crippen LogP contribution in [0.15, 0.2) is 54.4 Å². The monoisotopic (exact) mass is 251 g/mol. The van der Waals surface area contributed by atoms with E-state index < -0.39 is 0 Å². The van der Waals surface area contributed by atoms with Gasteiger partial charge in [-0.2, -0.15) is 0 Å². The molecule has 3 N–H and O–H groups in total.